The van der Waals surface area contributed by atoms with Gasteiger partial charge in [0.2, 0.25) is 0 Å². The van der Waals surface area contributed by atoms with Crippen LogP contribution in [0.15, 0.2) is 55.1 Å². The van der Waals surface area contributed by atoms with Gasteiger partial charge in [-0.25, -0.2) is 38.7 Å². The smallest absolute Gasteiger partial charge is 0.475 e. The predicted octanol–water partition coefficient (Wildman–Crippen LogP) is 6.53. The topological polar surface area (TPSA) is 196 Å². The van der Waals surface area contributed by atoms with Gasteiger partial charge in [0.25, 0.3) is 0 Å². The Morgan fingerprint density at radius 3 is 1.86 bits per heavy atom. The highest BCUT2D eigenvalue weighted by molar-refractivity contribution is 6.30. The second-order valence-electron chi connectivity index (χ2n) is 8.99. The summed E-state index contributed by atoms with van der Waals surface area (Å²) in [6.45, 7) is 1.96. The number of halogens is 11. The molecule has 0 fully saturated rings. The maximum Gasteiger partial charge on any atom is 0.490 e. The van der Waals surface area contributed by atoms with Crippen LogP contribution in [0.5, 0.6) is 0 Å². The van der Waals surface area contributed by atoms with Crippen LogP contribution >= 0.6 is 11.6 Å². The molecule has 5 rings (SSSR count). The van der Waals surface area contributed by atoms with Crippen LogP contribution in [0, 0.1) is 5.82 Å². The van der Waals surface area contributed by atoms with Gasteiger partial charge in [-0.05, 0) is 31.2 Å². The van der Waals surface area contributed by atoms with Gasteiger partial charge in [0.05, 0.1) is 23.8 Å². The van der Waals surface area contributed by atoms with E-state index in [0.29, 0.717) is 39.0 Å². The van der Waals surface area contributed by atoms with Crippen LogP contribution in [-0.2, 0) is 14.4 Å². The number of alkyl halides is 9. The molecule has 0 aliphatic rings. The summed E-state index contributed by atoms with van der Waals surface area (Å²) in [6.07, 6.45) is -12.2. The minimum Gasteiger partial charge on any atom is -0.475 e. The molecule has 0 aliphatic heterocycles. The lowest BCUT2D eigenvalue weighted by atomic mass is 10.1. The molecule has 0 saturated carbocycles. The van der Waals surface area contributed by atoms with E-state index in [0.717, 1.165) is 5.69 Å². The Bertz CT molecular complexity index is 1900. The minimum atomic E-state index is -5.08. The number of aromatic amines is 1. The third kappa shape index (κ3) is 11.2. The first-order chi connectivity index (χ1) is 22.9. The monoisotopic (exact) mass is 749 g/mol. The van der Waals surface area contributed by atoms with Crippen molar-refractivity contribution in [2.75, 3.05) is 5.32 Å². The third-order valence-electron chi connectivity index (χ3n) is 5.43. The number of imidazole rings is 2. The van der Waals surface area contributed by atoms with E-state index in [4.69, 9.17) is 46.3 Å². The molecule has 4 heterocycles. The number of fused-ring (bicyclic) bond motifs is 2. The van der Waals surface area contributed by atoms with E-state index in [1.807, 2.05) is 29.5 Å². The first-order valence-corrected chi connectivity index (χ1v) is 13.1. The summed E-state index contributed by atoms with van der Waals surface area (Å²) >= 11 is 6.47. The Morgan fingerprint density at radius 1 is 0.840 bits per heavy atom. The number of aliphatic carboxylic acids is 3. The van der Waals surface area contributed by atoms with Crippen LogP contribution in [-0.4, -0.2) is 81.1 Å². The van der Waals surface area contributed by atoms with Gasteiger partial charge in [-0.3, -0.25) is 4.40 Å². The quantitative estimate of drug-likeness (QED) is 0.0990. The molecule has 0 saturated heterocycles. The zero-order valence-electron chi connectivity index (χ0n) is 24.2. The molecule has 0 spiro atoms. The summed E-state index contributed by atoms with van der Waals surface area (Å²) in [7, 11) is 0. The maximum atomic E-state index is 14.0. The Balaban J connectivity index is 0.000000338. The second kappa shape index (κ2) is 16.1. The molecule has 270 valence electrons. The number of carbonyl (C=O) groups is 3. The van der Waals surface area contributed by atoms with Crippen molar-refractivity contribution in [1.29, 1.82) is 0 Å². The fraction of sp³-hybridized carbons (Fsp3) is 0.192. The lowest BCUT2D eigenvalue weighted by Gasteiger charge is -2.15. The zero-order valence-corrected chi connectivity index (χ0v) is 25.0. The number of hydrogen-bond acceptors (Lipinski definition) is 8. The van der Waals surface area contributed by atoms with E-state index in [2.05, 4.69) is 25.3 Å². The molecule has 50 heavy (non-hydrogen) atoms. The predicted molar refractivity (Wildman–Crippen MR) is 150 cm³/mol. The normalized spacial score (nSPS) is 12.0. The van der Waals surface area contributed by atoms with Crippen molar-refractivity contribution in [1.82, 2.24) is 29.3 Å². The summed E-state index contributed by atoms with van der Waals surface area (Å²) in [5.74, 6) is -8.02. The molecule has 0 aliphatic carbocycles. The van der Waals surface area contributed by atoms with Gasteiger partial charge < -0.3 is 25.6 Å². The third-order valence-corrected chi connectivity index (χ3v) is 5.72. The van der Waals surface area contributed by atoms with E-state index in [-0.39, 0.29) is 11.9 Å². The van der Waals surface area contributed by atoms with Crippen molar-refractivity contribution < 1.29 is 73.6 Å². The number of carboxylic acid groups (broad SMARTS) is 3. The summed E-state index contributed by atoms with van der Waals surface area (Å²) in [5.41, 5.74) is 4.06. The Labute approximate surface area is 275 Å². The molecule has 0 radical (unpaired) electrons. The van der Waals surface area contributed by atoms with E-state index in [1.54, 1.807) is 18.5 Å². The summed E-state index contributed by atoms with van der Waals surface area (Å²) in [6, 6.07) is 11.6. The number of rotatable bonds is 4. The van der Waals surface area contributed by atoms with Crippen molar-refractivity contribution in [3.8, 4) is 11.3 Å². The Hall–Kier alpha value is -5.74. The van der Waals surface area contributed by atoms with Crippen LogP contribution in [0.1, 0.15) is 18.7 Å². The van der Waals surface area contributed by atoms with E-state index in [9.17, 15) is 43.9 Å². The van der Waals surface area contributed by atoms with Crippen molar-refractivity contribution in [3.63, 3.8) is 0 Å². The molecule has 5 N–H and O–H groups in total. The number of carboxylic acids is 3. The molecule has 24 heteroatoms. The van der Waals surface area contributed by atoms with Gasteiger partial charge in [-0.1, -0.05) is 29.8 Å². The first-order valence-electron chi connectivity index (χ1n) is 12.7. The summed E-state index contributed by atoms with van der Waals surface area (Å²) in [5, 5.41) is 25.2. The van der Waals surface area contributed by atoms with Crippen LogP contribution < -0.4 is 5.32 Å². The Morgan fingerprint density at radius 2 is 1.36 bits per heavy atom. The first kappa shape index (κ1) is 40.4. The number of benzene rings is 1. The molecule has 1 unspecified atom stereocenters. The number of hydrogen-bond donors (Lipinski definition) is 5. The second-order valence-corrected chi connectivity index (χ2v) is 9.38. The van der Waals surface area contributed by atoms with Gasteiger partial charge in [0, 0.05) is 5.56 Å². The van der Waals surface area contributed by atoms with Gasteiger partial charge in [0.15, 0.2) is 11.5 Å². The van der Waals surface area contributed by atoms with Gasteiger partial charge in [-0.2, -0.15) is 39.5 Å². The zero-order chi connectivity index (χ0) is 38.2. The number of nitrogens with one attached hydrogen (secondary N) is 2. The standard InChI is InChI=1S/C20H15ClFN7.3C2HF3O2/c1-11(27-20-17-19(24-9-23-17)25-10-26-20)16-18(12-4-2-5-13(22)8-12)29-14(21)6-3-7-15(29)28-16;3*3-2(4,5)1(6)7/h2-11H,1H3,(H2,23,24,25,26,27);3*(H,6,7). The lowest BCUT2D eigenvalue weighted by molar-refractivity contribution is -0.193. The molecule has 0 bridgehead atoms. The molecule has 5 aromatic rings. The largest absolute Gasteiger partial charge is 0.490 e. The molecule has 4 aromatic heterocycles. The van der Waals surface area contributed by atoms with Crippen LogP contribution in [0.3, 0.4) is 0 Å². The highest BCUT2D eigenvalue weighted by atomic mass is 35.5. The van der Waals surface area contributed by atoms with Crippen molar-refractivity contribution in [2.24, 2.45) is 0 Å². The van der Waals surface area contributed by atoms with Crippen molar-refractivity contribution in [2.45, 2.75) is 31.5 Å². The number of pyridine rings is 1. The fourth-order valence-electron chi connectivity index (χ4n) is 3.43. The SMILES string of the molecule is CC(Nc1ncnc2[nH]cnc12)c1nc2cccc(Cl)n2c1-c1cccc(F)c1.O=C(O)C(F)(F)F.O=C(O)C(F)(F)F.O=C(O)C(F)(F)F. The number of nitrogens with zero attached hydrogens (tertiary/aromatic N) is 5. The van der Waals surface area contributed by atoms with Crippen LogP contribution in [0.2, 0.25) is 5.15 Å². The average Bonchev–Trinajstić information content (AvgIpc) is 3.63. The average molecular weight is 750 g/mol. The minimum absolute atomic E-state index is 0.265. The summed E-state index contributed by atoms with van der Waals surface area (Å²) < 4.78 is 111. The number of H-pyrrole nitrogens is 1. The van der Waals surface area contributed by atoms with Crippen molar-refractivity contribution >= 4 is 52.1 Å². The highest BCUT2D eigenvalue weighted by Crippen LogP contribution is 2.34. The molecule has 1 atom stereocenters. The lowest BCUT2D eigenvalue weighted by Crippen LogP contribution is -2.21. The number of anilines is 1. The molecular weight excluding hydrogens is 732 g/mol. The van der Waals surface area contributed by atoms with Crippen molar-refractivity contribution in [3.05, 3.63) is 71.8 Å². The molecule has 0 amide bonds. The summed E-state index contributed by atoms with van der Waals surface area (Å²) in [4.78, 5) is 47.2. The highest BCUT2D eigenvalue weighted by Gasteiger charge is 2.39. The van der Waals surface area contributed by atoms with Gasteiger partial charge in [-0.15, -0.1) is 0 Å². The maximum absolute atomic E-state index is 14.0. The Kier molecular flexibility index (Phi) is 13.0. The van der Waals surface area contributed by atoms with E-state index < -0.39 is 36.4 Å². The van der Waals surface area contributed by atoms with Crippen LogP contribution in [0.25, 0.3) is 28.1 Å². The van der Waals surface area contributed by atoms with E-state index >= 15 is 0 Å². The fourth-order valence-corrected chi connectivity index (χ4v) is 3.67. The van der Waals surface area contributed by atoms with Gasteiger partial charge >= 0.3 is 36.4 Å². The molecular formula is C26H18ClF10N7O6. The van der Waals surface area contributed by atoms with Crippen LogP contribution in [0.4, 0.5) is 49.7 Å². The number of aromatic nitrogens is 6. The molecule has 13 nitrogen and oxygen atoms in total. The molecule has 1 aromatic carbocycles. The van der Waals surface area contributed by atoms with Gasteiger partial charge in [0.1, 0.15) is 28.5 Å². The van der Waals surface area contributed by atoms with E-state index in [1.165, 1.54) is 18.5 Å².